The summed E-state index contributed by atoms with van der Waals surface area (Å²) >= 11 is 0. The van der Waals surface area contributed by atoms with Gasteiger partial charge in [-0.1, -0.05) is 31.2 Å². The maximum Gasteiger partial charge on any atom is 0.127 e. The number of nitriles is 1. The molecule has 1 saturated heterocycles. The summed E-state index contributed by atoms with van der Waals surface area (Å²) in [6, 6.07) is 13.9. The minimum Gasteiger partial charge on any atom is -0.488 e. The lowest BCUT2D eigenvalue weighted by Gasteiger charge is -2.30. The van der Waals surface area contributed by atoms with Crippen LogP contribution >= 0.6 is 0 Å². The van der Waals surface area contributed by atoms with Crippen LogP contribution in [0.3, 0.4) is 0 Å². The highest BCUT2D eigenvalue weighted by Crippen LogP contribution is 2.30. The first-order chi connectivity index (χ1) is 9.79. The number of fused-ring (bicyclic) bond motifs is 1. The second-order valence-corrected chi connectivity index (χ2v) is 5.40. The van der Waals surface area contributed by atoms with Gasteiger partial charge in [0.15, 0.2) is 0 Å². The van der Waals surface area contributed by atoms with E-state index >= 15 is 0 Å². The van der Waals surface area contributed by atoms with Gasteiger partial charge in [0.2, 0.25) is 0 Å². The molecule has 20 heavy (non-hydrogen) atoms. The van der Waals surface area contributed by atoms with E-state index in [0.29, 0.717) is 11.5 Å². The van der Waals surface area contributed by atoms with Crippen LogP contribution in [0.2, 0.25) is 0 Å². The van der Waals surface area contributed by atoms with Gasteiger partial charge >= 0.3 is 0 Å². The summed E-state index contributed by atoms with van der Waals surface area (Å²) in [6.07, 6.45) is 1.33. The van der Waals surface area contributed by atoms with E-state index in [0.717, 1.165) is 36.0 Å². The molecule has 1 fully saturated rings. The molecule has 3 rings (SSSR count). The molecular formula is C17H18N2O. The summed E-state index contributed by atoms with van der Waals surface area (Å²) in [4.78, 5) is 0. The summed E-state index contributed by atoms with van der Waals surface area (Å²) in [7, 11) is 0. The van der Waals surface area contributed by atoms with E-state index in [-0.39, 0.29) is 6.10 Å². The molecule has 2 aromatic rings. The lowest BCUT2D eigenvalue weighted by atomic mass is 9.97. The number of ether oxygens (including phenoxy) is 1. The number of hydrogen-bond donors (Lipinski definition) is 1. The lowest BCUT2D eigenvalue weighted by molar-refractivity contribution is 0.116. The standard InChI is InChI=1S/C17H18N2O/c1-12-8-9-19-11-17(12)20-16-7-6-13(10-18)14-4-2-3-5-15(14)16/h2-7,12,17,19H,8-9,11H2,1H3. The molecule has 0 amide bonds. The van der Waals surface area contributed by atoms with Gasteiger partial charge in [0.25, 0.3) is 0 Å². The summed E-state index contributed by atoms with van der Waals surface area (Å²) in [5.41, 5.74) is 0.697. The second-order valence-electron chi connectivity index (χ2n) is 5.40. The fourth-order valence-electron chi connectivity index (χ4n) is 2.75. The van der Waals surface area contributed by atoms with Crippen LogP contribution < -0.4 is 10.1 Å². The van der Waals surface area contributed by atoms with Crippen LogP contribution in [0.25, 0.3) is 10.8 Å². The van der Waals surface area contributed by atoms with E-state index in [1.807, 2.05) is 36.4 Å². The van der Waals surface area contributed by atoms with Crippen molar-refractivity contribution in [2.75, 3.05) is 13.1 Å². The number of piperidine rings is 1. The molecule has 102 valence electrons. The zero-order valence-electron chi connectivity index (χ0n) is 11.6. The Morgan fingerprint density at radius 2 is 2.00 bits per heavy atom. The molecule has 3 nitrogen and oxygen atoms in total. The minimum atomic E-state index is 0.195. The SMILES string of the molecule is CC1CCNCC1Oc1ccc(C#N)c2ccccc12. The first-order valence-electron chi connectivity index (χ1n) is 7.09. The zero-order valence-corrected chi connectivity index (χ0v) is 11.6. The normalized spacial score (nSPS) is 22.4. The molecule has 2 atom stereocenters. The Hall–Kier alpha value is -2.05. The van der Waals surface area contributed by atoms with Crippen molar-refractivity contribution in [3.8, 4) is 11.8 Å². The van der Waals surface area contributed by atoms with Crippen LogP contribution in [0.4, 0.5) is 0 Å². The van der Waals surface area contributed by atoms with Gasteiger partial charge in [-0.15, -0.1) is 0 Å². The average molecular weight is 266 g/mol. The third-order valence-electron chi connectivity index (χ3n) is 4.04. The predicted octanol–water partition coefficient (Wildman–Crippen LogP) is 3.09. The summed E-state index contributed by atoms with van der Waals surface area (Å²) < 4.78 is 6.21. The topological polar surface area (TPSA) is 45.0 Å². The van der Waals surface area contributed by atoms with Crippen molar-refractivity contribution in [1.82, 2.24) is 5.32 Å². The van der Waals surface area contributed by atoms with Gasteiger partial charge in [0.05, 0.1) is 11.6 Å². The van der Waals surface area contributed by atoms with E-state index in [1.165, 1.54) is 0 Å². The van der Waals surface area contributed by atoms with Crippen LogP contribution in [0.15, 0.2) is 36.4 Å². The van der Waals surface area contributed by atoms with Gasteiger partial charge in [-0.3, -0.25) is 0 Å². The van der Waals surface area contributed by atoms with Crippen molar-refractivity contribution < 1.29 is 4.74 Å². The number of benzene rings is 2. The number of nitrogens with one attached hydrogen (secondary N) is 1. The van der Waals surface area contributed by atoms with E-state index in [9.17, 15) is 5.26 Å². The Balaban J connectivity index is 1.98. The van der Waals surface area contributed by atoms with Gasteiger partial charge in [0, 0.05) is 17.3 Å². The molecule has 0 aromatic heterocycles. The fraction of sp³-hybridized carbons (Fsp3) is 0.353. The molecule has 1 N–H and O–H groups in total. The van der Waals surface area contributed by atoms with Gasteiger partial charge < -0.3 is 10.1 Å². The van der Waals surface area contributed by atoms with E-state index in [4.69, 9.17) is 4.74 Å². The maximum atomic E-state index is 9.19. The van der Waals surface area contributed by atoms with Crippen molar-refractivity contribution in [2.24, 2.45) is 5.92 Å². The Bertz CT molecular complexity index is 660. The average Bonchev–Trinajstić information content (AvgIpc) is 2.50. The molecule has 0 radical (unpaired) electrons. The number of nitrogens with zero attached hydrogens (tertiary/aromatic N) is 1. The van der Waals surface area contributed by atoms with Crippen molar-refractivity contribution in [3.05, 3.63) is 42.0 Å². The van der Waals surface area contributed by atoms with Crippen LogP contribution in [0.5, 0.6) is 5.75 Å². The molecule has 1 aliphatic heterocycles. The van der Waals surface area contributed by atoms with Crippen molar-refractivity contribution in [2.45, 2.75) is 19.4 Å². The molecule has 0 spiro atoms. The van der Waals surface area contributed by atoms with Gasteiger partial charge in [-0.25, -0.2) is 0 Å². The molecule has 1 heterocycles. The highest BCUT2D eigenvalue weighted by Gasteiger charge is 2.23. The summed E-state index contributed by atoms with van der Waals surface area (Å²) in [5, 5.41) is 14.5. The van der Waals surface area contributed by atoms with E-state index in [2.05, 4.69) is 18.3 Å². The van der Waals surface area contributed by atoms with Crippen molar-refractivity contribution in [3.63, 3.8) is 0 Å². The number of hydrogen-bond acceptors (Lipinski definition) is 3. The molecule has 3 heteroatoms. The van der Waals surface area contributed by atoms with Crippen LogP contribution in [0, 0.1) is 17.2 Å². The van der Waals surface area contributed by atoms with Crippen LogP contribution in [0.1, 0.15) is 18.9 Å². The first kappa shape index (κ1) is 13.0. The third-order valence-corrected chi connectivity index (χ3v) is 4.04. The molecular weight excluding hydrogens is 248 g/mol. The highest BCUT2D eigenvalue weighted by atomic mass is 16.5. The minimum absolute atomic E-state index is 0.195. The van der Waals surface area contributed by atoms with Crippen molar-refractivity contribution >= 4 is 10.8 Å². The van der Waals surface area contributed by atoms with Crippen molar-refractivity contribution in [1.29, 1.82) is 5.26 Å². The van der Waals surface area contributed by atoms with Gasteiger partial charge in [0.1, 0.15) is 11.9 Å². The molecule has 0 saturated carbocycles. The smallest absolute Gasteiger partial charge is 0.127 e. The van der Waals surface area contributed by atoms with E-state index in [1.54, 1.807) is 0 Å². The number of rotatable bonds is 2. The quantitative estimate of drug-likeness (QED) is 0.908. The van der Waals surface area contributed by atoms with Crippen LogP contribution in [-0.2, 0) is 0 Å². The second kappa shape index (κ2) is 5.52. The van der Waals surface area contributed by atoms with E-state index < -0.39 is 0 Å². The molecule has 2 aromatic carbocycles. The van der Waals surface area contributed by atoms with Crippen LogP contribution in [-0.4, -0.2) is 19.2 Å². The predicted molar refractivity (Wildman–Crippen MR) is 79.7 cm³/mol. The molecule has 0 aliphatic carbocycles. The Labute approximate surface area is 119 Å². The third kappa shape index (κ3) is 2.35. The fourth-order valence-corrected chi connectivity index (χ4v) is 2.75. The molecule has 1 aliphatic rings. The Morgan fingerprint density at radius 3 is 2.75 bits per heavy atom. The van der Waals surface area contributed by atoms with Gasteiger partial charge in [-0.05, 0) is 31.0 Å². The Kier molecular flexibility index (Phi) is 3.58. The zero-order chi connectivity index (χ0) is 13.9. The first-order valence-corrected chi connectivity index (χ1v) is 7.09. The summed E-state index contributed by atoms with van der Waals surface area (Å²) in [6.45, 7) is 4.18. The molecule has 0 bridgehead atoms. The highest BCUT2D eigenvalue weighted by molar-refractivity contribution is 5.92. The largest absolute Gasteiger partial charge is 0.488 e. The van der Waals surface area contributed by atoms with Gasteiger partial charge in [-0.2, -0.15) is 5.26 Å². The Morgan fingerprint density at radius 1 is 1.20 bits per heavy atom. The lowest BCUT2D eigenvalue weighted by Crippen LogP contribution is -2.42. The maximum absolute atomic E-state index is 9.19. The summed E-state index contributed by atoms with van der Waals surface area (Å²) in [5.74, 6) is 1.42. The molecule has 2 unspecified atom stereocenters. The monoisotopic (exact) mass is 266 g/mol.